The average Bonchev–Trinajstić information content (AvgIpc) is 2.35. The molecule has 1 aromatic rings. The largest absolute Gasteiger partial charge is 0.408 e. The van der Waals surface area contributed by atoms with Gasteiger partial charge in [-0.2, -0.15) is 13.2 Å². The predicted octanol–water partition coefficient (Wildman–Crippen LogP) is 3.32. The smallest absolute Gasteiger partial charge is 0.314 e. The number of halogens is 7. The quantitative estimate of drug-likeness (QED) is 0.821. The van der Waals surface area contributed by atoms with Gasteiger partial charge in [0.2, 0.25) is 0 Å². The molecule has 9 heteroatoms. The van der Waals surface area contributed by atoms with E-state index in [1.54, 1.807) is 0 Å². The van der Waals surface area contributed by atoms with E-state index < -0.39 is 29.4 Å². The molecule has 21 heavy (non-hydrogen) atoms. The van der Waals surface area contributed by atoms with Crippen molar-refractivity contribution in [2.75, 3.05) is 26.2 Å². The van der Waals surface area contributed by atoms with Crippen LogP contribution in [0.2, 0.25) is 0 Å². The molecule has 0 spiro atoms. The van der Waals surface area contributed by atoms with Crippen LogP contribution in [0.4, 0.5) is 22.0 Å². The van der Waals surface area contributed by atoms with Crippen LogP contribution in [0.15, 0.2) is 18.2 Å². The van der Waals surface area contributed by atoms with Gasteiger partial charge in [0.05, 0.1) is 0 Å². The topological polar surface area (TPSA) is 15.3 Å². The number of hydrogen-bond donors (Lipinski definition) is 1. The Labute approximate surface area is 131 Å². The molecule has 0 aliphatic carbocycles. The molecule has 1 atom stereocenters. The molecule has 1 fully saturated rings. The van der Waals surface area contributed by atoms with E-state index >= 15 is 0 Å². The molecule has 0 bridgehead atoms. The second-order valence-corrected chi connectivity index (χ2v) is 4.37. The Morgan fingerprint density at radius 3 is 2.14 bits per heavy atom. The van der Waals surface area contributed by atoms with Gasteiger partial charge in [-0.1, -0.05) is 12.1 Å². The molecule has 1 N–H and O–H groups in total. The highest BCUT2D eigenvalue weighted by Crippen LogP contribution is 2.39. The lowest BCUT2D eigenvalue weighted by molar-refractivity contribution is -0.188. The summed E-state index contributed by atoms with van der Waals surface area (Å²) in [5, 5.41) is 2.92. The minimum absolute atomic E-state index is 0. The number of piperazine rings is 1. The van der Waals surface area contributed by atoms with Crippen LogP contribution in [0.25, 0.3) is 0 Å². The van der Waals surface area contributed by atoms with Crippen molar-refractivity contribution < 1.29 is 22.0 Å². The van der Waals surface area contributed by atoms with Crippen molar-refractivity contribution in [1.29, 1.82) is 0 Å². The van der Waals surface area contributed by atoms with Gasteiger partial charge in [0.1, 0.15) is 6.04 Å². The van der Waals surface area contributed by atoms with Crippen LogP contribution < -0.4 is 5.32 Å². The highest BCUT2D eigenvalue weighted by molar-refractivity contribution is 5.85. The Morgan fingerprint density at radius 2 is 1.62 bits per heavy atom. The van der Waals surface area contributed by atoms with Gasteiger partial charge in [-0.25, -0.2) is 8.78 Å². The van der Waals surface area contributed by atoms with Crippen molar-refractivity contribution in [2.45, 2.75) is 12.2 Å². The third-order valence-corrected chi connectivity index (χ3v) is 3.10. The molecule has 0 saturated carbocycles. The van der Waals surface area contributed by atoms with Crippen molar-refractivity contribution in [2.24, 2.45) is 0 Å². The number of rotatable bonds is 2. The van der Waals surface area contributed by atoms with Gasteiger partial charge < -0.3 is 5.32 Å². The highest BCUT2D eigenvalue weighted by atomic mass is 35.5. The van der Waals surface area contributed by atoms with Gasteiger partial charge in [0.25, 0.3) is 0 Å². The summed E-state index contributed by atoms with van der Waals surface area (Å²) in [7, 11) is 0. The van der Waals surface area contributed by atoms with Crippen LogP contribution in [0, 0.1) is 11.6 Å². The number of benzene rings is 1. The molecule has 0 aromatic heterocycles. The molecule has 1 heterocycles. The van der Waals surface area contributed by atoms with Gasteiger partial charge in [0, 0.05) is 31.7 Å². The highest BCUT2D eigenvalue weighted by Gasteiger charge is 2.46. The predicted molar refractivity (Wildman–Crippen MR) is 74.1 cm³/mol. The van der Waals surface area contributed by atoms with Crippen molar-refractivity contribution >= 4 is 24.8 Å². The molecule has 0 unspecified atom stereocenters. The zero-order valence-electron chi connectivity index (χ0n) is 10.8. The van der Waals surface area contributed by atoms with Crippen LogP contribution >= 0.6 is 24.8 Å². The zero-order chi connectivity index (χ0) is 14.0. The molecular formula is C12H15Cl2F5N2. The Balaban J connectivity index is 0.00000200. The van der Waals surface area contributed by atoms with Crippen molar-refractivity contribution in [3.8, 4) is 0 Å². The summed E-state index contributed by atoms with van der Waals surface area (Å²) in [6, 6.07) is 0.780. The lowest BCUT2D eigenvalue weighted by atomic mass is 10.0. The van der Waals surface area contributed by atoms with Crippen LogP contribution in [0.3, 0.4) is 0 Å². The molecule has 0 radical (unpaired) electrons. The summed E-state index contributed by atoms with van der Waals surface area (Å²) in [5.41, 5.74) is -0.658. The molecule has 2 rings (SSSR count). The van der Waals surface area contributed by atoms with E-state index in [1.807, 2.05) is 0 Å². The molecule has 1 saturated heterocycles. The summed E-state index contributed by atoms with van der Waals surface area (Å²) in [6.45, 7) is 1.06. The first-order chi connectivity index (χ1) is 8.91. The van der Waals surface area contributed by atoms with Crippen molar-refractivity contribution in [3.05, 3.63) is 35.4 Å². The summed E-state index contributed by atoms with van der Waals surface area (Å²) in [6.07, 6.45) is -4.65. The average molecular weight is 353 g/mol. The van der Waals surface area contributed by atoms with E-state index in [0.29, 0.717) is 13.1 Å². The first-order valence-corrected chi connectivity index (χ1v) is 5.86. The lowest BCUT2D eigenvalue weighted by Crippen LogP contribution is -2.49. The van der Waals surface area contributed by atoms with Gasteiger partial charge >= 0.3 is 6.18 Å². The lowest BCUT2D eigenvalue weighted by Gasteiger charge is -2.36. The molecule has 0 amide bonds. The Bertz CT molecular complexity index is 450. The van der Waals surface area contributed by atoms with E-state index in [4.69, 9.17) is 0 Å². The van der Waals surface area contributed by atoms with Crippen LogP contribution in [-0.4, -0.2) is 37.3 Å². The first-order valence-electron chi connectivity index (χ1n) is 5.86. The summed E-state index contributed by atoms with van der Waals surface area (Å²) in [5.74, 6) is -2.69. The maximum Gasteiger partial charge on any atom is 0.408 e. The summed E-state index contributed by atoms with van der Waals surface area (Å²) < 4.78 is 66.2. The molecular weight excluding hydrogens is 338 g/mol. The maximum atomic E-state index is 13.6. The fourth-order valence-corrected chi connectivity index (χ4v) is 2.25. The summed E-state index contributed by atoms with van der Waals surface area (Å²) >= 11 is 0. The van der Waals surface area contributed by atoms with E-state index in [1.165, 1.54) is 0 Å². The zero-order valence-corrected chi connectivity index (χ0v) is 12.4. The molecule has 122 valence electrons. The fraction of sp³-hybridized carbons (Fsp3) is 0.500. The maximum absolute atomic E-state index is 13.6. The van der Waals surface area contributed by atoms with Crippen molar-refractivity contribution in [1.82, 2.24) is 10.2 Å². The van der Waals surface area contributed by atoms with Gasteiger partial charge in [-0.05, 0) is 6.07 Å². The Morgan fingerprint density at radius 1 is 1.05 bits per heavy atom. The van der Waals surface area contributed by atoms with E-state index in [9.17, 15) is 22.0 Å². The number of nitrogens with one attached hydrogen (secondary N) is 1. The van der Waals surface area contributed by atoms with Crippen LogP contribution in [-0.2, 0) is 0 Å². The Hall–Kier alpha value is -0.630. The second kappa shape index (κ2) is 8.12. The van der Waals surface area contributed by atoms with E-state index in [-0.39, 0.29) is 37.9 Å². The normalized spacial score (nSPS) is 17.6. The second-order valence-electron chi connectivity index (χ2n) is 4.37. The number of hydrogen-bond acceptors (Lipinski definition) is 2. The van der Waals surface area contributed by atoms with E-state index in [2.05, 4.69) is 5.32 Å². The third kappa shape index (κ3) is 4.67. The minimum Gasteiger partial charge on any atom is -0.314 e. The number of nitrogens with zero attached hydrogens (tertiary/aromatic N) is 1. The SMILES string of the molecule is Cl.Cl.Fc1cccc([C@@H](N2CCNCC2)C(F)(F)F)c1F. The van der Waals surface area contributed by atoms with Gasteiger partial charge in [-0.3, -0.25) is 4.90 Å². The van der Waals surface area contributed by atoms with Crippen LogP contribution in [0.5, 0.6) is 0 Å². The van der Waals surface area contributed by atoms with Crippen molar-refractivity contribution in [3.63, 3.8) is 0 Å². The molecule has 1 aliphatic rings. The van der Waals surface area contributed by atoms with E-state index in [0.717, 1.165) is 23.1 Å². The monoisotopic (exact) mass is 352 g/mol. The fourth-order valence-electron chi connectivity index (χ4n) is 2.25. The molecule has 1 aliphatic heterocycles. The third-order valence-electron chi connectivity index (χ3n) is 3.10. The molecule has 2 nitrogen and oxygen atoms in total. The summed E-state index contributed by atoms with van der Waals surface area (Å²) in [4.78, 5) is 1.12. The van der Waals surface area contributed by atoms with Gasteiger partial charge in [0.15, 0.2) is 11.6 Å². The Kier molecular flexibility index (Phi) is 7.88. The minimum atomic E-state index is -4.65. The number of alkyl halides is 3. The van der Waals surface area contributed by atoms with Crippen LogP contribution in [0.1, 0.15) is 11.6 Å². The van der Waals surface area contributed by atoms with Gasteiger partial charge in [-0.15, -0.1) is 24.8 Å². The molecule has 1 aromatic carbocycles. The standard InChI is InChI=1S/C12H13F5N2.2ClH/c13-9-3-1-2-8(10(9)14)11(12(15,16)17)19-6-4-18-5-7-19;;/h1-3,11,18H,4-7H2;2*1H/t11-;;/m1../s1. The first kappa shape index (κ1) is 20.4.